The number of rotatable bonds is 12. The van der Waals surface area contributed by atoms with Crippen LogP contribution in [0.15, 0.2) is 48.5 Å². The molecular weight excluding hydrogens is 461 g/mol. The monoisotopic (exact) mass is 493 g/mol. The van der Waals surface area contributed by atoms with Gasteiger partial charge in [-0.1, -0.05) is 31.2 Å². The van der Waals surface area contributed by atoms with Gasteiger partial charge in [-0.25, -0.2) is 12.8 Å². The van der Waals surface area contributed by atoms with Crippen molar-refractivity contribution in [3.8, 4) is 5.75 Å². The molecule has 0 bridgehead atoms. The fraction of sp³-hybridized carbons (Fsp3) is 0.417. The molecule has 0 radical (unpaired) electrons. The SMILES string of the molecule is CC[C@@H](C(=O)NC)N(Cc1cccc(OC)c1)C(=O)CCCN(c1ccccc1F)S(C)(=O)=O. The number of nitrogens with zero attached hydrogens (tertiary/aromatic N) is 2. The Bertz CT molecular complexity index is 1090. The molecular formula is C24H32FN3O5S. The van der Waals surface area contributed by atoms with Gasteiger partial charge in [-0.15, -0.1) is 0 Å². The Morgan fingerprint density at radius 3 is 2.44 bits per heavy atom. The molecule has 186 valence electrons. The number of ether oxygens (including phenoxy) is 1. The number of sulfonamides is 1. The van der Waals surface area contributed by atoms with Crippen molar-refractivity contribution >= 4 is 27.5 Å². The second-order valence-electron chi connectivity index (χ2n) is 7.80. The molecule has 34 heavy (non-hydrogen) atoms. The zero-order valence-corrected chi connectivity index (χ0v) is 20.8. The standard InChI is InChI=1S/C24H32FN3O5S/c1-5-21(24(30)26-2)27(17-18-10-8-11-19(16-18)33-3)23(29)14-9-15-28(34(4,31)32)22-13-7-6-12-20(22)25/h6-8,10-13,16,21H,5,9,14-15,17H2,1-4H3,(H,26,30)/t21-/m0/s1. The van der Waals surface area contributed by atoms with E-state index in [0.717, 1.165) is 16.1 Å². The molecule has 0 aliphatic rings. The highest BCUT2D eigenvalue weighted by molar-refractivity contribution is 7.92. The fourth-order valence-electron chi connectivity index (χ4n) is 3.69. The Balaban J connectivity index is 2.21. The summed E-state index contributed by atoms with van der Waals surface area (Å²) >= 11 is 0. The molecule has 0 aliphatic carbocycles. The average molecular weight is 494 g/mol. The zero-order chi connectivity index (χ0) is 25.3. The van der Waals surface area contributed by atoms with E-state index in [4.69, 9.17) is 4.74 Å². The van der Waals surface area contributed by atoms with Gasteiger partial charge in [0.05, 0.1) is 19.1 Å². The summed E-state index contributed by atoms with van der Waals surface area (Å²) in [7, 11) is -0.705. The quantitative estimate of drug-likeness (QED) is 0.491. The minimum atomic E-state index is -3.76. The number of benzene rings is 2. The van der Waals surface area contributed by atoms with Crippen LogP contribution < -0.4 is 14.4 Å². The lowest BCUT2D eigenvalue weighted by atomic mass is 10.1. The second kappa shape index (κ2) is 12.4. The molecule has 0 aromatic heterocycles. The molecule has 2 aromatic rings. The normalized spacial score (nSPS) is 12.0. The number of amides is 2. The highest BCUT2D eigenvalue weighted by Crippen LogP contribution is 2.23. The number of nitrogens with one attached hydrogen (secondary N) is 1. The number of halogens is 1. The van der Waals surface area contributed by atoms with Crippen LogP contribution in [0.5, 0.6) is 5.75 Å². The maximum absolute atomic E-state index is 14.2. The summed E-state index contributed by atoms with van der Waals surface area (Å²) in [5, 5.41) is 2.59. The van der Waals surface area contributed by atoms with Crippen molar-refractivity contribution in [1.29, 1.82) is 0 Å². The number of para-hydroxylation sites is 1. The number of hydrogen-bond donors (Lipinski definition) is 1. The van der Waals surface area contributed by atoms with Crippen molar-refractivity contribution in [2.45, 2.75) is 38.8 Å². The van der Waals surface area contributed by atoms with E-state index in [9.17, 15) is 22.4 Å². The molecule has 2 aromatic carbocycles. The number of hydrogen-bond acceptors (Lipinski definition) is 5. The molecule has 0 fully saturated rings. The van der Waals surface area contributed by atoms with E-state index in [1.807, 2.05) is 13.0 Å². The van der Waals surface area contributed by atoms with E-state index in [1.54, 1.807) is 31.4 Å². The molecule has 0 aliphatic heterocycles. The lowest BCUT2D eigenvalue weighted by Crippen LogP contribution is -2.48. The smallest absolute Gasteiger partial charge is 0.242 e. The van der Waals surface area contributed by atoms with Gasteiger partial charge >= 0.3 is 0 Å². The molecule has 1 N–H and O–H groups in total. The average Bonchev–Trinajstić information content (AvgIpc) is 2.81. The Morgan fingerprint density at radius 1 is 1.15 bits per heavy atom. The molecule has 0 saturated heterocycles. The molecule has 0 heterocycles. The van der Waals surface area contributed by atoms with Crippen LogP contribution in [-0.4, -0.2) is 58.1 Å². The van der Waals surface area contributed by atoms with Crippen LogP contribution in [0, 0.1) is 5.82 Å². The number of carbonyl (C=O) groups is 2. The molecule has 8 nitrogen and oxygen atoms in total. The van der Waals surface area contributed by atoms with Gasteiger partial charge in [0.1, 0.15) is 17.6 Å². The first kappa shape index (κ1) is 27.1. The number of anilines is 1. The van der Waals surface area contributed by atoms with Crippen molar-refractivity contribution < 1.29 is 27.1 Å². The minimum Gasteiger partial charge on any atom is -0.497 e. The van der Waals surface area contributed by atoms with Crippen LogP contribution in [0.25, 0.3) is 0 Å². The summed E-state index contributed by atoms with van der Waals surface area (Å²) in [5.41, 5.74) is 0.724. The molecule has 2 amide bonds. The molecule has 0 saturated carbocycles. The van der Waals surface area contributed by atoms with Crippen LogP contribution in [0.1, 0.15) is 31.7 Å². The summed E-state index contributed by atoms with van der Waals surface area (Å²) in [6.07, 6.45) is 1.53. The van der Waals surface area contributed by atoms with E-state index < -0.39 is 21.9 Å². The summed E-state index contributed by atoms with van der Waals surface area (Å²) in [6.45, 7) is 1.93. The first-order chi connectivity index (χ1) is 16.1. The Labute approximate surface area is 200 Å². The van der Waals surface area contributed by atoms with E-state index in [0.29, 0.717) is 12.2 Å². The maximum atomic E-state index is 14.2. The maximum Gasteiger partial charge on any atom is 0.242 e. The van der Waals surface area contributed by atoms with Gasteiger partial charge in [-0.05, 0) is 42.7 Å². The lowest BCUT2D eigenvalue weighted by molar-refractivity contribution is -0.141. The first-order valence-electron chi connectivity index (χ1n) is 11.0. The zero-order valence-electron chi connectivity index (χ0n) is 20.0. The van der Waals surface area contributed by atoms with E-state index in [-0.39, 0.29) is 43.4 Å². The highest BCUT2D eigenvalue weighted by Gasteiger charge is 2.28. The predicted molar refractivity (Wildman–Crippen MR) is 130 cm³/mol. The predicted octanol–water partition coefficient (Wildman–Crippen LogP) is 2.93. The molecule has 2 rings (SSSR count). The lowest BCUT2D eigenvalue weighted by Gasteiger charge is -2.31. The Morgan fingerprint density at radius 2 is 1.85 bits per heavy atom. The third-order valence-electron chi connectivity index (χ3n) is 5.39. The van der Waals surface area contributed by atoms with E-state index in [2.05, 4.69) is 5.32 Å². The summed E-state index contributed by atoms with van der Waals surface area (Å²) in [5.74, 6) is -0.626. The summed E-state index contributed by atoms with van der Waals surface area (Å²) < 4.78 is 45.0. The first-order valence-corrected chi connectivity index (χ1v) is 12.8. The van der Waals surface area contributed by atoms with E-state index in [1.165, 1.54) is 30.1 Å². The second-order valence-corrected chi connectivity index (χ2v) is 9.71. The Kier molecular flexibility index (Phi) is 9.85. The van der Waals surface area contributed by atoms with Crippen LogP contribution in [0.4, 0.5) is 10.1 Å². The van der Waals surface area contributed by atoms with Gasteiger partial charge in [0.2, 0.25) is 21.8 Å². The third kappa shape index (κ3) is 7.18. The van der Waals surface area contributed by atoms with Crippen LogP contribution in [-0.2, 0) is 26.2 Å². The summed E-state index contributed by atoms with van der Waals surface area (Å²) in [4.78, 5) is 27.2. The summed E-state index contributed by atoms with van der Waals surface area (Å²) in [6, 6.07) is 12.1. The number of methoxy groups -OCH3 is 1. The van der Waals surface area contributed by atoms with Crippen molar-refractivity contribution in [3.05, 3.63) is 59.9 Å². The molecule has 1 atom stereocenters. The largest absolute Gasteiger partial charge is 0.497 e. The fourth-order valence-corrected chi connectivity index (χ4v) is 4.66. The van der Waals surface area contributed by atoms with Crippen molar-refractivity contribution in [2.75, 3.05) is 31.3 Å². The van der Waals surface area contributed by atoms with Crippen LogP contribution in [0.2, 0.25) is 0 Å². The van der Waals surface area contributed by atoms with Crippen LogP contribution >= 0.6 is 0 Å². The van der Waals surface area contributed by atoms with Gasteiger partial charge in [-0.2, -0.15) is 0 Å². The van der Waals surface area contributed by atoms with Crippen molar-refractivity contribution in [3.63, 3.8) is 0 Å². The van der Waals surface area contributed by atoms with Gasteiger partial charge in [0.25, 0.3) is 0 Å². The van der Waals surface area contributed by atoms with Gasteiger partial charge < -0.3 is 15.0 Å². The van der Waals surface area contributed by atoms with Gasteiger partial charge in [0.15, 0.2) is 0 Å². The number of likely N-dealkylation sites (N-methyl/N-ethyl adjacent to an activating group) is 1. The van der Waals surface area contributed by atoms with Crippen LogP contribution in [0.3, 0.4) is 0 Å². The molecule has 0 spiro atoms. The molecule has 10 heteroatoms. The van der Waals surface area contributed by atoms with Crippen molar-refractivity contribution in [1.82, 2.24) is 10.2 Å². The van der Waals surface area contributed by atoms with Gasteiger partial charge in [-0.3, -0.25) is 13.9 Å². The van der Waals surface area contributed by atoms with Gasteiger partial charge in [0, 0.05) is 26.6 Å². The molecule has 0 unspecified atom stereocenters. The topological polar surface area (TPSA) is 96.0 Å². The van der Waals surface area contributed by atoms with Crippen molar-refractivity contribution in [2.24, 2.45) is 0 Å². The van der Waals surface area contributed by atoms with E-state index >= 15 is 0 Å². The Hall–Kier alpha value is -3.14. The minimum absolute atomic E-state index is 0.0159. The highest BCUT2D eigenvalue weighted by atomic mass is 32.2. The third-order valence-corrected chi connectivity index (χ3v) is 6.57. The number of carbonyl (C=O) groups excluding carboxylic acids is 2.